The minimum Gasteiger partial charge on any atom is -0.335 e. The van der Waals surface area contributed by atoms with Crippen molar-refractivity contribution in [3.05, 3.63) is 34.3 Å². The van der Waals surface area contributed by atoms with Gasteiger partial charge in [0.05, 0.1) is 17.1 Å². The molecular formula is C15H20BrNO3S. The minimum atomic E-state index is -3.00. The van der Waals surface area contributed by atoms with Crippen LogP contribution >= 0.6 is 15.9 Å². The first-order chi connectivity index (χ1) is 9.94. The lowest BCUT2D eigenvalue weighted by molar-refractivity contribution is 0.0693. The van der Waals surface area contributed by atoms with Gasteiger partial charge in [-0.3, -0.25) is 4.79 Å². The van der Waals surface area contributed by atoms with Crippen molar-refractivity contribution in [1.82, 2.24) is 4.90 Å². The Hall–Kier alpha value is -0.880. The van der Waals surface area contributed by atoms with E-state index < -0.39 is 9.84 Å². The first-order valence-electron chi connectivity index (χ1n) is 7.20. The standard InChI is InChI=1S/C15H20BrNO3S/c1-2-3-9-17(12-8-10-21(19,20)11-12)15(18)13-6-4-5-7-14(13)16/h4-7,12H,2-3,8-11H2,1H3/t12-/m0/s1. The van der Waals surface area contributed by atoms with Crippen molar-refractivity contribution in [1.29, 1.82) is 0 Å². The molecule has 1 fully saturated rings. The van der Waals surface area contributed by atoms with Crippen molar-refractivity contribution in [3.8, 4) is 0 Å². The van der Waals surface area contributed by atoms with Crippen LogP contribution in [-0.2, 0) is 9.84 Å². The number of rotatable bonds is 5. The van der Waals surface area contributed by atoms with Crippen molar-refractivity contribution >= 4 is 31.7 Å². The molecule has 1 heterocycles. The molecule has 21 heavy (non-hydrogen) atoms. The van der Waals surface area contributed by atoms with E-state index in [1.165, 1.54) is 0 Å². The number of carbonyl (C=O) groups excluding carboxylic acids is 1. The summed E-state index contributed by atoms with van der Waals surface area (Å²) in [6, 6.07) is 7.09. The quantitative estimate of drug-likeness (QED) is 0.797. The van der Waals surface area contributed by atoms with Gasteiger partial charge in [-0.25, -0.2) is 8.42 Å². The monoisotopic (exact) mass is 373 g/mol. The molecule has 0 aromatic heterocycles. The van der Waals surface area contributed by atoms with E-state index in [0.29, 0.717) is 18.5 Å². The molecule has 1 aromatic rings. The van der Waals surface area contributed by atoms with Gasteiger partial charge in [0.2, 0.25) is 0 Å². The molecule has 4 nitrogen and oxygen atoms in total. The molecule has 0 bridgehead atoms. The van der Waals surface area contributed by atoms with Gasteiger partial charge in [-0.15, -0.1) is 0 Å². The zero-order chi connectivity index (χ0) is 15.5. The van der Waals surface area contributed by atoms with E-state index in [2.05, 4.69) is 22.9 Å². The average Bonchev–Trinajstić information content (AvgIpc) is 2.79. The van der Waals surface area contributed by atoms with E-state index in [0.717, 1.165) is 17.3 Å². The number of sulfone groups is 1. The van der Waals surface area contributed by atoms with Crippen molar-refractivity contribution in [3.63, 3.8) is 0 Å². The summed E-state index contributed by atoms with van der Waals surface area (Å²) in [5.74, 6) is 0.189. The van der Waals surface area contributed by atoms with Gasteiger partial charge in [-0.2, -0.15) is 0 Å². The normalized spacial score (nSPS) is 20.4. The maximum absolute atomic E-state index is 12.8. The molecule has 2 rings (SSSR count). The Bertz CT molecular complexity index is 615. The van der Waals surface area contributed by atoms with Crippen molar-refractivity contribution in [2.45, 2.75) is 32.2 Å². The average molecular weight is 374 g/mol. The Morgan fingerprint density at radius 3 is 2.67 bits per heavy atom. The third kappa shape index (κ3) is 4.07. The van der Waals surface area contributed by atoms with Crippen LogP contribution in [0.25, 0.3) is 0 Å². The highest BCUT2D eigenvalue weighted by Gasteiger charge is 2.35. The molecule has 0 N–H and O–H groups in total. The van der Waals surface area contributed by atoms with Gasteiger partial charge in [0.1, 0.15) is 0 Å². The fraction of sp³-hybridized carbons (Fsp3) is 0.533. The summed E-state index contributed by atoms with van der Waals surface area (Å²) in [6.07, 6.45) is 2.40. The molecule has 0 spiro atoms. The summed E-state index contributed by atoms with van der Waals surface area (Å²) < 4.78 is 24.1. The Morgan fingerprint density at radius 1 is 1.38 bits per heavy atom. The fourth-order valence-corrected chi connectivity index (χ4v) is 4.77. The Kier molecular flexibility index (Phi) is 5.43. The maximum Gasteiger partial charge on any atom is 0.255 e. The van der Waals surface area contributed by atoms with Crippen LogP contribution in [0.15, 0.2) is 28.7 Å². The predicted molar refractivity (Wildman–Crippen MR) is 87.1 cm³/mol. The van der Waals surface area contributed by atoms with Crippen LogP contribution in [0.3, 0.4) is 0 Å². The topological polar surface area (TPSA) is 54.5 Å². The number of benzene rings is 1. The maximum atomic E-state index is 12.8. The van der Waals surface area contributed by atoms with Crippen molar-refractivity contribution in [2.24, 2.45) is 0 Å². The second-order valence-electron chi connectivity index (χ2n) is 5.39. The second kappa shape index (κ2) is 6.92. The van der Waals surface area contributed by atoms with Crippen LogP contribution in [0.2, 0.25) is 0 Å². The molecule has 116 valence electrons. The third-order valence-corrected chi connectivity index (χ3v) is 6.21. The van der Waals surface area contributed by atoms with Gasteiger partial charge in [0, 0.05) is 17.1 Å². The number of unbranched alkanes of at least 4 members (excludes halogenated alkanes) is 1. The summed E-state index contributed by atoms with van der Waals surface area (Å²) in [4.78, 5) is 14.5. The summed E-state index contributed by atoms with van der Waals surface area (Å²) in [5.41, 5.74) is 0.595. The first-order valence-corrected chi connectivity index (χ1v) is 9.82. The number of halogens is 1. The van der Waals surface area contributed by atoms with E-state index in [-0.39, 0.29) is 23.5 Å². The molecule has 1 atom stereocenters. The molecule has 1 aliphatic rings. The minimum absolute atomic E-state index is 0.0852. The zero-order valence-electron chi connectivity index (χ0n) is 12.1. The van der Waals surface area contributed by atoms with Crippen LogP contribution in [-0.4, -0.2) is 43.3 Å². The van der Waals surface area contributed by atoms with Gasteiger partial charge < -0.3 is 4.90 Å². The van der Waals surface area contributed by atoms with Gasteiger partial charge in [-0.1, -0.05) is 25.5 Å². The number of hydrogen-bond acceptors (Lipinski definition) is 3. The smallest absolute Gasteiger partial charge is 0.255 e. The van der Waals surface area contributed by atoms with Crippen LogP contribution in [0.1, 0.15) is 36.5 Å². The van der Waals surface area contributed by atoms with Crippen LogP contribution in [0, 0.1) is 0 Å². The number of hydrogen-bond donors (Lipinski definition) is 0. The molecule has 1 amide bonds. The van der Waals surface area contributed by atoms with E-state index >= 15 is 0 Å². The van der Waals surface area contributed by atoms with E-state index in [4.69, 9.17) is 0 Å². The summed E-state index contributed by atoms with van der Waals surface area (Å²) in [6.45, 7) is 2.67. The molecule has 0 saturated carbocycles. The van der Waals surface area contributed by atoms with Crippen LogP contribution < -0.4 is 0 Å². The van der Waals surface area contributed by atoms with E-state index in [9.17, 15) is 13.2 Å². The van der Waals surface area contributed by atoms with Gasteiger partial charge >= 0.3 is 0 Å². The van der Waals surface area contributed by atoms with E-state index in [1.54, 1.807) is 11.0 Å². The van der Waals surface area contributed by atoms with Gasteiger partial charge in [-0.05, 0) is 40.9 Å². The Balaban J connectivity index is 2.24. The Morgan fingerprint density at radius 2 is 2.10 bits per heavy atom. The largest absolute Gasteiger partial charge is 0.335 e. The summed E-state index contributed by atoms with van der Waals surface area (Å²) >= 11 is 3.40. The summed E-state index contributed by atoms with van der Waals surface area (Å²) in [5, 5.41) is 0. The fourth-order valence-electron chi connectivity index (χ4n) is 2.59. The lowest BCUT2D eigenvalue weighted by Crippen LogP contribution is -2.41. The lowest BCUT2D eigenvalue weighted by atomic mass is 10.1. The van der Waals surface area contributed by atoms with Gasteiger partial charge in [0.15, 0.2) is 9.84 Å². The molecule has 1 saturated heterocycles. The van der Waals surface area contributed by atoms with Crippen LogP contribution in [0.4, 0.5) is 0 Å². The zero-order valence-corrected chi connectivity index (χ0v) is 14.5. The molecule has 0 aliphatic carbocycles. The number of nitrogens with zero attached hydrogens (tertiary/aromatic N) is 1. The molecule has 0 radical (unpaired) electrons. The molecule has 1 aliphatic heterocycles. The lowest BCUT2D eigenvalue weighted by Gasteiger charge is -2.28. The SMILES string of the molecule is CCCCN(C(=O)c1ccccc1Br)[C@H]1CCS(=O)(=O)C1. The highest BCUT2D eigenvalue weighted by molar-refractivity contribution is 9.10. The second-order valence-corrected chi connectivity index (χ2v) is 8.47. The number of carbonyl (C=O) groups is 1. The van der Waals surface area contributed by atoms with Crippen LogP contribution in [0.5, 0.6) is 0 Å². The first kappa shape index (κ1) is 16.5. The third-order valence-electron chi connectivity index (χ3n) is 3.77. The summed E-state index contributed by atoms with van der Waals surface area (Å²) in [7, 11) is -3.00. The predicted octanol–water partition coefficient (Wildman–Crippen LogP) is 2.88. The van der Waals surface area contributed by atoms with Crippen molar-refractivity contribution in [2.75, 3.05) is 18.1 Å². The van der Waals surface area contributed by atoms with Crippen molar-refractivity contribution < 1.29 is 13.2 Å². The molecule has 6 heteroatoms. The molecular weight excluding hydrogens is 354 g/mol. The molecule has 1 aromatic carbocycles. The highest BCUT2D eigenvalue weighted by atomic mass is 79.9. The number of amides is 1. The van der Waals surface area contributed by atoms with E-state index in [1.807, 2.05) is 18.2 Å². The van der Waals surface area contributed by atoms with Gasteiger partial charge in [0.25, 0.3) is 5.91 Å². The highest BCUT2D eigenvalue weighted by Crippen LogP contribution is 2.24. The Labute approximate surface area is 134 Å². The molecule has 0 unspecified atom stereocenters.